The molecule has 13 heteroatoms. The number of halogens is 3. The van der Waals surface area contributed by atoms with E-state index in [9.17, 15) is 32.3 Å². The van der Waals surface area contributed by atoms with E-state index in [0.717, 1.165) is 18.5 Å². The maximum atomic E-state index is 13.6. The third kappa shape index (κ3) is 6.93. The van der Waals surface area contributed by atoms with Crippen molar-refractivity contribution in [3.8, 4) is 0 Å². The number of para-hydroxylation sites is 1. The van der Waals surface area contributed by atoms with Gasteiger partial charge in [-0.15, -0.1) is 0 Å². The molecule has 39 heavy (non-hydrogen) atoms. The summed E-state index contributed by atoms with van der Waals surface area (Å²) in [7, 11) is 0. The molecule has 4 rings (SSSR count). The zero-order valence-electron chi connectivity index (χ0n) is 21.7. The normalized spacial score (nSPS) is 25.7. The van der Waals surface area contributed by atoms with E-state index in [0.29, 0.717) is 45.7 Å². The molecular formula is C26H33F3N4O6. The van der Waals surface area contributed by atoms with Crippen LogP contribution in [-0.2, 0) is 24.0 Å². The van der Waals surface area contributed by atoms with Gasteiger partial charge in [-0.05, 0) is 51.2 Å². The molecular weight excluding hydrogens is 521 g/mol. The lowest BCUT2D eigenvalue weighted by Crippen LogP contribution is -2.55. The molecule has 3 aliphatic rings. The van der Waals surface area contributed by atoms with Gasteiger partial charge in [0, 0.05) is 45.0 Å². The minimum absolute atomic E-state index is 0.109. The van der Waals surface area contributed by atoms with Crippen molar-refractivity contribution in [3.63, 3.8) is 0 Å². The van der Waals surface area contributed by atoms with Crippen LogP contribution in [0.2, 0.25) is 0 Å². The molecule has 2 heterocycles. The van der Waals surface area contributed by atoms with Crippen LogP contribution in [0.25, 0.3) is 0 Å². The van der Waals surface area contributed by atoms with E-state index in [1.54, 1.807) is 22.2 Å². The van der Waals surface area contributed by atoms with Gasteiger partial charge in [0.15, 0.2) is 0 Å². The average molecular weight is 555 g/mol. The van der Waals surface area contributed by atoms with E-state index in [-0.39, 0.29) is 18.7 Å². The van der Waals surface area contributed by atoms with Gasteiger partial charge in [-0.2, -0.15) is 18.7 Å². The van der Waals surface area contributed by atoms with Gasteiger partial charge < -0.3 is 24.3 Å². The molecule has 214 valence electrons. The monoisotopic (exact) mass is 554 g/mol. The van der Waals surface area contributed by atoms with Gasteiger partial charge in [-0.1, -0.05) is 18.2 Å². The van der Waals surface area contributed by atoms with Gasteiger partial charge in [0.05, 0.1) is 11.8 Å². The van der Waals surface area contributed by atoms with Crippen LogP contribution < -0.4 is 10.4 Å². The molecule has 3 atom stereocenters. The molecule has 3 fully saturated rings. The third-order valence-corrected chi connectivity index (χ3v) is 7.66. The Balaban J connectivity index is 1.44. The first-order valence-electron chi connectivity index (χ1n) is 13.1. The summed E-state index contributed by atoms with van der Waals surface area (Å²) in [5.41, 5.74) is 1.49. The van der Waals surface area contributed by atoms with E-state index in [2.05, 4.69) is 9.74 Å². The van der Waals surface area contributed by atoms with E-state index >= 15 is 0 Å². The van der Waals surface area contributed by atoms with Gasteiger partial charge in [0.2, 0.25) is 5.91 Å². The first-order valence-corrected chi connectivity index (χ1v) is 13.1. The number of hydrogen-bond acceptors (Lipinski definition) is 7. The van der Waals surface area contributed by atoms with Crippen LogP contribution >= 0.6 is 0 Å². The van der Waals surface area contributed by atoms with Crippen LogP contribution in [0.3, 0.4) is 0 Å². The molecule has 2 aliphatic heterocycles. The molecule has 1 aromatic carbocycles. The number of ether oxygens (including phenoxy) is 1. The highest BCUT2D eigenvalue weighted by Crippen LogP contribution is 2.40. The first-order chi connectivity index (χ1) is 18.5. The van der Waals surface area contributed by atoms with Crippen molar-refractivity contribution in [1.29, 1.82) is 0 Å². The van der Waals surface area contributed by atoms with Crippen molar-refractivity contribution < 1.29 is 41.9 Å². The minimum Gasteiger partial charge on any atom is -0.443 e. The molecule has 1 aliphatic carbocycles. The summed E-state index contributed by atoms with van der Waals surface area (Å²) in [4.78, 5) is 59.7. The van der Waals surface area contributed by atoms with Gasteiger partial charge in [0.25, 0.3) is 5.91 Å². The molecule has 0 radical (unpaired) electrons. The van der Waals surface area contributed by atoms with Gasteiger partial charge in [-0.25, -0.2) is 9.59 Å². The molecule has 2 saturated heterocycles. The lowest BCUT2D eigenvalue weighted by molar-refractivity contribution is -0.208. The highest BCUT2D eigenvalue weighted by Gasteiger charge is 2.49. The number of alkyl halides is 3. The number of likely N-dealkylation sites (tertiary alicyclic amines) is 1. The largest absolute Gasteiger partial charge is 0.493 e. The van der Waals surface area contributed by atoms with Crippen molar-refractivity contribution >= 4 is 29.6 Å². The van der Waals surface area contributed by atoms with Crippen molar-refractivity contribution in [2.24, 2.45) is 11.8 Å². The smallest absolute Gasteiger partial charge is 0.443 e. The number of anilines is 1. The maximum absolute atomic E-state index is 13.6. The standard InChI is InChI=1S/C26H33F3N4O6/c1-25(38-24(37)33-11-5-6-12-33)10-9-19(20(17-25)21(34)30-39-23(36)26(27,28)29)22(35)32-15-13-31(14-16-32)18-7-3-2-4-8-18/h2-4,7-8,19-20H,5-6,9-17H2,1H3,(H,30,34)/t19-,20-,25-/m0/s1. The van der Waals surface area contributed by atoms with Crippen molar-refractivity contribution in [3.05, 3.63) is 30.3 Å². The lowest BCUT2D eigenvalue weighted by Gasteiger charge is -2.43. The Morgan fingerprint density at radius 3 is 2.18 bits per heavy atom. The topological polar surface area (TPSA) is 108 Å². The van der Waals surface area contributed by atoms with Crippen molar-refractivity contribution in [2.45, 2.75) is 50.8 Å². The number of carbonyl (C=O) groups is 4. The van der Waals surface area contributed by atoms with Crippen LogP contribution in [0, 0.1) is 11.8 Å². The summed E-state index contributed by atoms with van der Waals surface area (Å²) < 4.78 is 43.6. The molecule has 1 aromatic rings. The Morgan fingerprint density at radius 2 is 1.56 bits per heavy atom. The average Bonchev–Trinajstić information content (AvgIpc) is 3.46. The summed E-state index contributed by atoms with van der Waals surface area (Å²) >= 11 is 0. The fourth-order valence-corrected chi connectivity index (χ4v) is 5.50. The fourth-order valence-electron chi connectivity index (χ4n) is 5.50. The third-order valence-electron chi connectivity index (χ3n) is 7.66. The van der Waals surface area contributed by atoms with E-state index in [1.807, 2.05) is 30.3 Å². The fraction of sp³-hybridized carbons (Fsp3) is 0.615. The highest BCUT2D eigenvalue weighted by atomic mass is 19.4. The second-order valence-electron chi connectivity index (χ2n) is 10.5. The summed E-state index contributed by atoms with van der Waals surface area (Å²) in [5.74, 6) is -5.98. The minimum atomic E-state index is -5.30. The quantitative estimate of drug-likeness (QED) is 0.571. The van der Waals surface area contributed by atoms with E-state index in [4.69, 9.17) is 4.74 Å². The Labute approximate surface area is 224 Å². The van der Waals surface area contributed by atoms with E-state index in [1.165, 1.54) is 0 Å². The molecule has 1 N–H and O–H groups in total. The molecule has 0 bridgehead atoms. The molecule has 10 nitrogen and oxygen atoms in total. The summed E-state index contributed by atoms with van der Waals surface area (Å²) in [6.45, 7) is 4.72. The number of benzene rings is 1. The molecule has 0 aromatic heterocycles. The number of nitrogens with one attached hydrogen (secondary N) is 1. The van der Waals surface area contributed by atoms with Gasteiger partial charge >= 0.3 is 18.2 Å². The second kappa shape index (κ2) is 11.7. The predicted octanol–water partition coefficient (Wildman–Crippen LogP) is 2.88. The van der Waals surface area contributed by atoms with Gasteiger partial charge in [-0.3, -0.25) is 9.59 Å². The van der Waals surface area contributed by atoms with Crippen LogP contribution in [0.5, 0.6) is 0 Å². The number of piperazine rings is 1. The van der Waals surface area contributed by atoms with Crippen LogP contribution in [0.4, 0.5) is 23.7 Å². The summed E-state index contributed by atoms with van der Waals surface area (Å²) in [5, 5.41) is 0. The van der Waals surface area contributed by atoms with Crippen LogP contribution in [0.15, 0.2) is 30.3 Å². The Hall–Kier alpha value is -3.51. The molecule has 0 unspecified atom stereocenters. The Bertz CT molecular complexity index is 1060. The van der Waals surface area contributed by atoms with Crippen molar-refractivity contribution in [2.75, 3.05) is 44.2 Å². The SMILES string of the molecule is C[C@]1(OC(=O)N2CCCC2)CC[C@H](C(=O)N2CCN(c3ccccc3)CC2)[C@@H](C(=O)NOC(=O)C(F)(F)F)C1. The van der Waals surface area contributed by atoms with Crippen LogP contribution in [0.1, 0.15) is 39.0 Å². The highest BCUT2D eigenvalue weighted by molar-refractivity contribution is 5.89. The number of hydroxylamine groups is 1. The number of hydrogen-bond donors (Lipinski definition) is 1. The molecule has 3 amide bonds. The number of nitrogens with zero attached hydrogens (tertiary/aromatic N) is 3. The molecule has 1 saturated carbocycles. The van der Waals surface area contributed by atoms with Crippen molar-refractivity contribution in [1.82, 2.24) is 15.3 Å². The zero-order valence-corrected chi connectivity index (χ0v) is 21.7. The second-order valence-corrected chi connectivity index (χ2v) is 10.5. The Morgan fingerprint density at radius 1 is 0.923 bits per heavy atom. The van der Waals surface area contributed by atoms with Gasteiger partial charge in [0.1, 0.15) is 5.60 Å². The first kappa shape index (κ1) is 28.5. The van der Waals surface area contributed by atoms with Crippen LogP contribution in [-0.4, -0.2) is 84.7 Å². The number of amides is 3. The maximum Gasteiger partial charge on any atom is 0.493 e. The zero-order chi connectivity index (χ0) is 28.2. The molecule has 0 spiro atoms. The van der Waals surface area contributed by atoms with E-state index < -0.39 is 41.6 Å². The summed E-state index contributed by atoms with van der Waals surface area (Å²) in [6.07, 6.45) is -3.76. The number of rotatable bonds is 4. The summed E-state index contributed by atoms with van der Waals surface area (Å²) in [6, 6.07) is 9.73. The Kier molecular flexibility index (Phi) is 8.55. The predicted molar refractivity (Wildman–Crippen MR) is 132 cm³/mol. The lowest BCUT2D eigenvalue weighted by atomic mass is 9.71. The number of carbonyl (C=O) groups excluding carboxylic acids is 4.